The number of amides is 1. The molecule has 156 valence electrons. The fourth-order valence-corrected chi connectivity index (χ4v) is 3.14. The molecular weight excluding hydrogens is 392 g/mol. The number of aromatic nitrogens is 3. The molecule has 0 spiro atoms. The fourth-order valence-electron chi connectivity index (χ4n) is 3.14. The lowest BCUT2D eigenvalue weighted by atomic mass is 10.1. The van der Waals surface area contributed by atoms with E-state index in [2.05, 4.69) is 10.3 Å². The van der Waals surface area contributed by atoms with Crippen LogP contribution in [0.15, 0.2) is 79.1 Å². The quantitative estimate of drug-likeness (QED) is 0.497. The third-order valence-corrected chi connectivity index (χ3v) is 4.85. The molecule has 0 aliphatic rings. The van der Waals surface area contributed by atoms with Crippen LogP contribution in [0.1, 0.15) is 16.1 Å². The van der Waals surface area contributed by atoms with Gasteiger partial charge in [-0.25, -0.2) is 4.68 Å². The summed E-state index contributed by atoms with van der Waals surface area (Å²) in [5.74, 6) is 1.27. The minimum Gasteiger partial charge on any atom is -0.497 e. The first-order chi connectivity index (χ1) is 15.2. The highest BCUT2D eigenvalue weighted by molar-refractivity contribution is 5.94. The number of hydrogen-bond acceptors (Lipinski definition) is 5. The molecular formula is C24H22N4O3. The standard InChI is InChI=1S/C24H22N4O3/c1-30-20-7-3-18(4-8-20)22-15-23(24(29)26-16-17-11-13-25-14-12-17)28(27-22)19-5-9-21(31-2)10-6-19/h3-15H,16H2,1-2H3,(H,26,29). The molecule has 4 aromatic rings. The lowest BCUT2D eigenvalue weighted by Gasteiger charge is -2.09. The SMILES string of the molecule is COc1ccc(-c2cc(C(=O)NCc3ccncc3)n(-c3ccc(OC)cc3)n2)cc1. The molecule has 0 saturated heterocycles. The number of benzene rings is 2. The third-order valence-electron chi connectivity index (χ3n) is 4.85. The zero-order valence-electron chi connectivity index (χ0n) is 17.3. The number of hydrogen-bond donors (Lipinski definition) is 1. The average Bonchev–Trinajstić information content (AvgIpc) is 3.29. The van der Waals surface area contributed by atoms with Gasteiger partial charge >= 0.3 is 0 Å². The molecule has 7 heteroatoms. The number of ether oxygens (including phenoxy) is 2. The van der Waals surface area contributed by atoms with Crippen LogP contribution >= 0.6 is 0 Å². The summed E-state index contributed by atoms with van der Waals surface area (Å²) in [6.45, 7) is 0.396. The van der Waals surface area contributed by atoms with Crippen LogP contribution in [0.3, 0.4) is 0 Å². The maximum Gasteiger partial charge on any atom is 0.270 e. The molecule has 2 heterocycles. The Morgan fingerprint density at radius 1 is 0.903 bits per heavy atom. The molecule has 4 rings (SSSR count). The molecule has 1 amide bonds. The normalized spacial score (nSPS) is 10.5. The Labute approximate surface area is 180 Å². The molecule has 1 N–H and O–H groups in total. The second-order valence-electron chi connectivity index (χ2n) is 6.79. The summed E-state index contributed by atoms with van der Waals surface area (Å²) in [6.07, 6.45) is 3.40. The molecule has 7 nitrogen and oxygen atoms in total. The van der Waals surface area contributed by atoms with Crippen molar-refractivity contribution in [2.75, 3.05) is 14.2 Å². The Morgan fingerprint density at radius 3 is 2.13 bits per heavy atom. The predicted octanol–water partition coefficient (Wildman–Crippen LogP) is 3.88. The predicted molar refractivity (Wildman–Crippen MR) is 118 cm³/mol. The Hall–Kier alpha value is -4.13. The molecule has 2 aromatic heterocycles. The summed E-state index contributed by atoms with van der Waals surface area (Å²) in [7, 11) is 3.24. The second-order valence-corrected chi connectivity index (χ2v) is 6.79. The van der Waals surface area contributed by atoms with Crippen LogP contribution in [0.25, 0.3) is 16.9 Å². The molecule has 0 fully saturated rings. The van der Waals surface area contributed by atoms with E-state index in [0.29, 0.717) is 17.9 Å². The van der Waals surface area contributed by atoms with Crippen molar-refractivity contribution in [3.8, 4) is 28.4 Å². The van der Waals surface area contributed by atoms with E-state index in [1.54, 1.807) is 37.4 Å². The van der Waals surface area contributed by atoms with E-state index >= 15 is 0 Å². The second kappa shape index (κ2) is 9.13. The van der Waals surface area contributed by atoms with Gasteiger partial charge in [-0.15, -0.1) is 0 Å². The lowest BCUT2D eigenvalue weighted by molar-refractivity contribution is 0.0943. The average molecular weight is 414 g/mol. The van der Waals surface area contributed by atoms with Crippen molar-refractivity contribution in [3.63, 3.8) is 0 Å². The highest BCUT2D eigenvalue weighted by atomic mass is 16.5. The van der Waals surface area contributed by atoms with E-state index in [-0.39, 0.29) is 5.91 Å². The summed E-state index contributed by atoms with van der Waals surface area (Å²) in [6, 6.07) is 20.5. The highest BCUT2D eigenvalue weighted by Crippen LogP contribution is 2.25. The first-order valence-corrected chi connectivity index (χ1v) is 9.74. The molecule has 0 radical (unpaired) electrons. The van der Waals surface area contributed by atoms with E-state index < -0.39 is 0 Å². The van der Waals surface area contributed by atoms with Crippen LogP contribution in [0.5, 0.6) is 11.5 Å². The Balaban J connectivity index is 1.68. The molecule has 0 saturated carbocycles. The van der Waals surface area contributed by atoms with Gasteiger partial charge in [-0.2, -0.15) is 5.10 Å². The van der Waals surface area contributed by atoms with Crippen LogP contribution in [-0.4, -0.2) is 34.9 Å². The van der Waals surface area contributed by atoms with Gasteiger partial charge in [0.1, 0.15) is 17.2 Å². The van der Waals surface area contributed by atoms with Gasteiger partial charge in [-0.3, -0.25) is 9.78 Å². The number of carbonyl (C=O) groups is 1. The lowest BCUT2D eigenvalue weighted by Crippen LogP contribution is -2.25. The fraction of sp³-hybridized carbons (Fsp3) is 0.125. The van der Waals surface area contributed by atoms with Crippen molar-refractivity contribution in [2.24, 2.45) is 0 Å². The minimum atomic E-state index is -0.222. The van der Waals surface area contributed by atoms with Crippen molar-refractivity contribution < 1.29 is 14.3 Å². The van der Waals surface area contributed by atoms with Crippen LogP contribution in [0.2, 0.25) is 0 Å². The zero-order chi connectivity index (χ0) is 21.6. The number of nitrogens with zero attached hydrogens (tertiary/aromatic N) is 3. The number of methoxy groups -OCH3 is 2. The maximum absolute atomic E-state index is 13.0. The number of nitrogens with one attached hydrogen (secondary N) is 1. The van der Waals surface area contributed by atoms with E-state index in [9.17, 15) is 4.79 Å². The zero-order valence-corrected chi connectivity index (χ0v) is 17.3. The largest absolute Gasteiger partial charge is 0.497 e. The molecule has 31 heavy (non-hydrogen) atoms. The summed E-state index contributed by atoms with van der Waals surface area (Å²) in [5, 5.41) is 7.66. The summed E-state index contributed by atoms with van der Waals surface area (Å²) in [4.78, 5) is 17.0. The molecule has 0 aliphatic carbocycles. The van der Waals surface area contributed by atoms with Gasteiger partial charge in [-0.1, -0.05) is 0 Å². The van der Waals surface area contributed by atoms with Gasteiger partial charge < -0.3 is 14.8 Å². The van der Waals surface area contributed by atoms with Gasteiger partial charge in [0.15, 0.2) is 0 Å². The van der Waals surface area contributed by atoms with E-state index in [0.717, 1.165) is 28.3 Å². The van der Waals surface area contributed by atoms with Crippen molar-refractivity contribution >= 4 is 5.91 Å². The van der Waals surface area contributed by atoms with Crippen LogP contribution < -0.4 is 14.8 Å². The minimum absolute atomic E-state index is 0.222. The van der Waals surface area contributed by atoms with Crippen LogP contribution in [-0.2, 0) is 6.54 Å². The van der Waals surface area contributed by atoms with Gasteiger partial charge in [-0.05, 0) is 72.3 Å². The third kappa shape index (κ3) is 4.56. The summed E-state index contributed by atoms with van der Waals surface area (Å²) >= 11 is 0. The van der Waals surface area contributed by atoms with E-state index in [4.69, 9.17) is 14.6 Å². The van der Waals surface area contributed by atoms with Crippen molar-refractivity contribution in [2.45, 2.75) is 6.54 Å². The topological polar surface area (TPSA) is 78.3 Å². The Morgan fingerprint density at radius 2 is 1.52 bits per heavy atom. The highest BCUT2D eigenvalue weighted by Gasteiger charge is 2.18. The molecule has 0 bridgehead atoms. The van der Waals surface area contributed by atoms with Crippen LogP contribution in [0.4, 0.5) is 0 Å². The van der Waals surface area contributed by atoms with Crippen molar-refractivity contribution in [3.05, 3.63) is 90.4 Å². The van der Waals surface area contributed by atoms with Crippen LogP contribution in [0, 0.1) is 0 Å². The van der Waals surface area contributed by atoms with Gasteiger partial charge in [0.2, 0.25) is 0 Å². The van der Waals surface area contributed by atoms with E-state index in [1.165, 1.54) is 0 Å². The molecule has 2 aromatic carbocycles. The smallest absolute Gasteiger partial charge is 0.270 e. The molecule has 0 atom stereocenters. The van der Waals surface area contributed by atoms with Gasteiger partial charge in [0.25, 0.3) is 5.91 Å². The van der Waals surface area contributed by atoms with Crippen molar-refractivity contribution in [1.82, 2.24) is 20.1 Å². The first kappa shape index (κ1) is 20.2. The monoisotopic (exact) mass is 414 g/mol. The maximum atomic E-state index is 13.0. The Bertz CT molecular complexity index is 1150. The summed E-state index contributed by atoms with van der Waals surface area (Å²) < 4.78 is 12.1. The van der Waals surface area contributed by atoms with Gasteiger partial charge in [0, 0.05) is 24.5 Å². The number of carbonyl (C=O) groups excluding carboxylic acids is 1. The molecule has 0 unspecified atom stereocenters. The van der Waals surface area contributed by atoms with Gasteiger partial charge in [0.05, 0.1) is 25.6 Å². The van der Waals surface area contributed by atoms with Crippen molar-refractivity contribution in [1.29, 1.82) is 0 Å². The first-order valence-electron chi connectivity index (χ1n) is 9.74. The number of pyridine rings is 1. The summed E-state index contributed by atoms with van der Waals surface area (Å²) in [5.41, 5.74) is 3.73. The Kier molecular flexibility index (Phi) is 5.93. The molecule has 0 aliphatic heterocycles. The van der Waals surface area contributed by atoms with E-state index in [1.807, 2.05) is 60.7 Å². The number of rotatable bonds is 7.